The van der Waals surface area contributed by atoms with E-state index in [1.807, 2.05) is 39.8 Å². The lowest BCUT2D eigenvalue weighted by molar-refractivity contribution is 0.0964. The van der Waals surface area contributed by atoms with Gasteiger partial charge in [0.1, 0.15) is 5.75 Å². The van der Waals surface area contributed by atoms with Crippen LogP contribution >= 0.6 is 0 Å². The van der Waals surface area contributed by atoms with Crippen LogP contribution in [-0.4, -0.2) is 36.4 Å². The molecule has 0 aliphatic carbocycles. The van der Waals surface area contributed by atoms with Crippen LogP contribution in [0.4, 0.5) is 0 Å². The van der Waals surface area contributed by atoms with Crippen LogP contribution in [0.3, 0.4) is 0 Å². The lowest BCUT2D eigenvalue weighted by Crippen LogP contribution is -2.27. The summed E-state index contributed by atoms with van der Waals surface area (Å²) in [6.45, 7) is 11.2. The molecule has 2 rings (SSSR count). The summed E-state index contributed by atoms with van der Waals surface area (Å²) in [5, 5.41) is 0. The number of Topliss-reactive ketones (excluding diaryl/α,β-unsaturated/α-hetero) is 1. The van der Waals surface area contributed by atoms with E-state index in [0.717, 1.165) is 42.1 Å². The normalized spacial score (nSPS) is 16.4. The number of hydrogen-bond acceptors (Lipinski definition) is 3. The molecule has 0 aromatic heterocycles. The maximum Gasteiger partial charge on any atom is 0.164 e. The van der Waals surface area contributed by atoms with Crippen molar-refractivity contribution in [2.45, 2.75) is 65.9 Å². The SMILES string of the molecule is Cc1cc(C(=O)CCN2CCCCCC2)c(C)cc1OC(C)C. The van der Waals surface area contributed by atoms with Crippen molar-refractivity contribution in [2.24, 2.45) is 0 Å². The smallest absolute Gasteiger partial charge is 0.164 e. The van der Waals surface area contributed by atoms with E-state index in [1.54, 1.807) is 0 Å². The molecule has 0 amide bonds. The third-order valence-corrected chi connectivity index (χ3v) is 4.54. The lowest BCUT2D eigenvalue weighted by Gasteiger charge is -2.20. The van der Waals surface area contributed by atoms with Gasteiger partial charge in [-0.3, -0.25) is 4.79 Å². The first-order valence-electron chi connectivity index (χ1n) is 9.01. The van der Waals surface area contributed by atoms with Crippen LogP contribution in [0.5, 0.6) is 5.75 Å². The molecular weight excluding hydrogens is 286 g/mol. The van der Waals surface area contributed by atoms with E-state index in [4.69, 9.17) is 4.74 Å². The van der Waals surface area contributed by atoms with Gasteiger partial charge in [0.15, 0.2) is 5.78 Å². The van der Waals surface area contributed by atoms with E-state index in [2.05, 4.69) is 4.90 Å². The Bertz CT molecular complexity index is 529. The number of ketones is 1. The van der Waals surface area contributed by atoms with Crippen LogP contribution in [0.2, 0.25) is 0 Å². The van der Waals surface area contributed by atoms with Crippen LogP contribution < -0.4 is 4.74 Å². The van der Waals surface area contributed by atoms with Crippen LogP contribution in [0.15, 0.2) is 12.1 Å². The van der Waals surface area contributed by atoms with Gasteiger partial charge in [0.2, 0.25) is 0 Å². The summed E-state index contributed by atoms with van der Waals surface area (Å²) in [4.78, 5) is 15.1. The molecule has 0 saturated carbocycles. The average molecular weight is 317 g/mol. The number of carbonyl (C=O) groups excluding carboxylic acids is 1. The van der Waals surface area contributed by atoms with Crippen molar-refractivity contribution in [3.05, 3.63) is 28.8 Å². The Morgan fingerprint density at radius 2 is 1.74 bits per heavy atom. The Kier molecular flexibility index (Phi) is 6.64. The molecule has 3 heteroatoms. The Hall–Kier alpha value is -1.35. The lowest BCUT2D eigenvalue weighted by atomic mass is 9.99. The van der Waals surface area contributed by atoms with Crippen molar-refractivity contribution < 1.29 is 9.53 Å². The largest absolute Gasteiger partial charge is 0.491 e. The van der Waals surface area contributed by atoms with Crippen LogP contribution in [0.25, 0.3) is 0 Å². The van der Waals surface area contributed by atoms with E-state index >= 15 is 0 Å². The standard InChI is InChI=1S/C20H31NO2/c1-15(2)23-20-14-16(3)18(13-17(20)4)19(22)9-12-21-10-7-5-6-8-11-21/h13-15H,5-12H2,1-4H3. The molecule has 1 fully saturated rings. The quantitative estimate of drug-likeness (QED) is 0.721. The fraction of sp³-hybridized carbons (Fsp3) is 0.650. The van der Waals surface area contributed by atoms with Gasteiger partial charge >= 0.3 is 0 Å². The van der Waals surface area contributed by atoms with Gasteiger partial charge in [-0.05, 0) is 76.9 Å². The molecule has 1 aliphatic heterocycles. The molecule has 1 aromatic carbocycles. The van der Waals surface area contributed by atoms with Gasteiger partial charge in [-0.25, -0.2) is 0 Å². The highest BCUT2D eigenvalue weighted by molar-refractivity contribution is 5.98. The summed E-state index contributed by atoms with van der Waals surface area (Å²) in [6, 6.07) is 4.01. The minimum Gasteiger partial charge on any atom is -0.491 e. The Morgan fingerprint density at radius 3 is 2.35 bits per heavy atom. The molecule has 1 heterocycles. The molecule has 23 heavy (non-hydrogen) atoms. The Balaban J connectivity index is 1.99. The fourth-order valence-corrected chi connectivity index (χ4v) is 3.23. The van der Waals surface area contributed by atoms with E-state index in [0.29, 0.717) is 6.42 Å². The topological polar surface area (TPSA) is 29.5 Å². The van der Waals surface area contributed by atoms with Crippen LogP contribution in [0.1, 0.15) is 67.4 Å². The molecule has 1 aliphatic rings. The van der Waals surface area contributed by atoms with Gasteiger partial charge in [0, 0.05) is 18.5 Å². The van der Waals surface area contributed by atoms with Crippen molar-refractivity contribution in [2.75, 3.05) is 19.6 Å². The number of rotatable bonds is 6. The first kappa shape index (κ1) is 18.0. The number of nitrogens with zero attached hydrogens (tertiary/aromatic N) is 1. The fourth-order valence-electron chi connectivity index (χ4n) is 3.23. The summed E-state index contributed by atoms with van der Waals surface area (Å²) in [5.74, 6) is 1.15. The summed E-state index contributed by atoms with van der Waals surface area (Å²) in [5.41, 5.74) is 2.92. The summed E-state index contributed by atoms with van der Waals surface area (Å²) >= 11 is 0. The van der Waals surface area contributed by atoms with Gasteiger partial charge in [0.05, 0.1) is 6.10 Å². The maximum atomic E-state index is 12.6. The van der Waals surface area contributed by atoms with E-state index < -0.39 is 0 Å². The van der Waals surface area contributed by atoms with Crippen molar-refractivity contribution in [1.29, 1.82) is 0 Å². The number of benzene rings is 1. The Morgan fingerprint density at radius 1 is 1.09 bits per heavy atom. The Labute approximate surface area is 141 Å². The molecule has 0 atom stereocenters. The van der Waals surface area contributed by atoms with Gasteiger partial charge in [0.25, 0.3) is 0 Å². The molecule has 0 spiro atoms. The van der Waals surface area contributed by atoms with Crippen LogP contribution in [0, 0.1) is 13.8 Å². The van der Waals surface area contributed by atoms with Gasteiger partial charge in [-0.2, -0.15) is 0 Å². The van der Waals surface area contributed by atoms with E-state index in [9.17, 15) is 4.79 Å². The third-order valence-electron chi connectivity index (χ3n) is 4.54. The summed E-state index contributed by atoms with van der Waals surface area (Å²) < 4.78 is 5.81. The minimum atomic E-state index is 0.151. The van der Waals surface area contributed by atoms with E-state index in [-0.39, 0.29) is 11.9 Å². The molecular formula is C20H31NO2. The van der Waals surface area contributed by atoms with Gasteiger partial charge < -0.3 is 9.64 Å². The van der Waals surface area contributed by atoms with Crippen molar-refractivity contribution >= 4 is 5.78 Å². The molecule has 128 valence electrons. The second kappa shape index (κ2) is 8.49. The molecule has 1 aromatic rings. The van der Waals surface area contributed by atoms with Crippen molar-refractivity contribution in [3.63, 3.8) is 0 Å². The summed E-state index contributed by atoms with van der Waals surface area (Å²) in [7, 11) is 0. The van der Waals surface area contributed by atoms with Gasteiger partial charge in [-0.1, -0.05) is 12.8 Å². The minimum absolute atomic E-state index is 0.151. The molecule has 0 bridgehead atoms. The number of aryl methyl sites for hydroxylation is 2. The van der Waals surface area contributed by atoms with E-state index in [1.165, 1.54) is 25.7 Å². The molecule has 3 nitrogen and oxygen atoms in total. The molecule has 0 radical (unpaired) electrons. The third kappa shape index (κ3) is 5.35. The second-order valence-corrected chi connectivity index (χ2v) is 7.03. The molecule has 0 unspecified atom stereocenters. The molecule has 0 N–H and O–H groups in total. The molecule has 1 saturated heterocycles. The number of hydrogen-bond donors (Lipinski definition) is 0. The highest BCUT2D eigenvalue weighted by Gasteiger charge is 2.15. The number of ether oxygens (including phenoxy) is 1. The predicted octanol–water partition coefficient (Wildman–Crippen LogP) is 4.54. The first-order chi connectivity index (χ1) is 11.0. The number of likely N-dealkylation sites (tertiary alicyclic amines) is 1. The number of carbonyl (C=O) groups is 1. The van der Waals surface area contributed by atoms with Crippen molar-refractivity contribution in [1.82, 2.24) is 4.90 Å². The second-order valence-electron chi connectivity index (χ2n) is 7.03. The zero-order valence-electron chi connectivity index (χ0n) is 15.2. The average Bonchev–Trinajstić information content (AvgIpc) is 2.76. The van der Waals surface area contributed by atoms with Crippen molar-refractivity contribution in [3.8, 4) is 5.75 Å². The zero-order valence-corrected chi connectivity index (χ0v) is 15.2. The highest BCUT2D eigenvalue weighted by atomic mass is 16.5. The predicted molar refractivity (Wildman–Crippen MR) is 95.5 cm³/mol. The summed E-state index contributed by atoms with van der Waals surface area (Å²) in [6.07, 6.45) is 5.98. The maximum absolute atomic E-state index is 12.6. The van der Waals surface area contributed by atoms with Gasteiger partial charge in [-0.15, -0.1) is 0 Å². The highest BCUT2D eigenvalue weighted by Crippen LogP contribution is 2.25. The zero-order chi connectivity index (χ0) is 16.8. The monoisotopic (exact) mass is 317 g/mol. The van der Waals surface area contributed by atoms with Crippen LogP contribution in [-0.2, 0) is 0 Å². The first-order valence-corrected chi connectivity index (χ1v) is 9.01.